The second-order valence-electron chi connectivity index (χ2n) is 22.9. The third-order valence-corrected chi connectivity index (χ3v) is 12.4. The average Bonchev–Trinajstić information content (AvgIpc) is 3.18. The number of benzene rings is 2. The summed E-state index contributed by atoms with van der Waals surface area (Å²) in [5.74, 6) is 7.35. The Morgan fingerprint density at radius 2 is 0.766 bits per heavy atom. The first-order chi connectivity index (χ1) is 29.5. The summed E-state index contributed by atoms with van der Waals surface area (Å²) in [5.41, 5.74) is 20.1. The van der Waals surface area contributed by atoms with E-state index in [0.29, 0.717) is 71.0 Å². The second-order valence-corrected chi connectivity index (χ2v) is 22.9. The maximum Gasteiger partial charge on any atom is 0.0466 e. The molecule has 0 aliphatic heterocycles. The Bertz CT molecular complexity index is 1870. The monoisotopic (exact) mass is 875 g/mol. The predicted octanol–water partition coefficient (Wildman–Crippen LogP) is 19.8. The van der Waals surface area contributed by atoms with Crippen molar-refractivity contribution in [2.45, 2.75) is 252 Å². The summed E-state index contributed by atoms with van der Waals surface area (Å²) in [4.78, 5) is 9.44. The number of nitrogens with zero attached hydrogens (tertiary/aromatic N) is 2. The molecule has 0 aliphatic rings. The van der Waals surface area contributed by atoms with Gasteiger partial charge in [0.2, 0.25) is 0 Å². The van der Waals surface area contributed by atoms with Crippen LogP contribution in [0.3, 0.4) is 0 Å². The molecule has 0 unspecified atom stereocenters. The standard InChI is InChI=1S/C17H29N.C15H25N.2C15H24/c1-11(2)8-15-10-18-14(7)17(13(5)6)16(15)9-12(3)4;1-9(2)13-8-14(10(3)4)15(11(5)6)16-12(13)7;1-10(2)13-7-14(11(3)4)9-15(8-13)12(5)6;1-10(2)13-8-7-9-14(11(3)4)15(13)12(5)6/h10-13H,8-9H2,1-7H3;8-11H,1-7H3;2*7-12H,1-6H3. The molecule has 64 heavy (non-hydrogen) atoms. The lowest BCUT2D eigenvalue weighted by molar-refractivity contribution is 0.604. The average molecular weight is 876 g/mol. The van der Waals surface area contributed by atoms with Crippen LogP contribution in [-0.4, -0.2) is 9.97 Å². The molecule has 0 radical (unpaired) electrons. The Hall–Kier alpha value is -3.26. The molecule has 2 nitrogen and oxygen atoms in total. The zero-order valence-corrected chi connectivity index (χ0v) is 46.9. The van der Waals surface area contributed by atoms with E-state index >= 15 is 0 Å². The molecule has 0 N–H and O–H groups in total. The van der Waals surface area contributed by atoms with Crippen molar-refractivity contribution < 1.29 is 0 Å². The quantitative estimate of drug-likeness (QED) is 0.126. The summed E-state index contributed by atoms with van der Waals surface area (Å²) >= 11 is 0. The molecule has 4 aromatic rings. The van der Waals surface area contributed by atoms with Crippen LogP contribution in [0.1, 0.15) is 304 Å². The molecule has 0 fully saturated rings. The second kappa shape index (κ2) is 27.4. The lowest BCUT2D eigenvalue weighted by Gasteiger charge is -2.22. The van der Waals surface area contributed by atoms with Crippen LogP contribution in [0.25, 0.3) is 0 Å². The van der Waals surface area contributed by atoms with Gasteiger partial charge in [-0.2, -0.15) is 0 Å². The SMILES string of the molecule is CC(C)c1cc(C(C)C)cc(C(C)C)c1.CC(C)c1cccc(C(C)C)c1C(C)C.Cc1nc(C(C)C)c(C(C)C)cc1C(C)C.Cc1ncc(CC(C)C)c(CC(C)C)c1C(C)C. The number of aryl methyl sites for hydroxylation is 2. The van der Waals surface area contributed by atoms with Crippen LogP contribution < -0.4 is 0 Å². The highest BCUT2D eigenvalue weighted by Gasteiger charge is 2.19. The molecule has 2 heteroatoms. The summed E-state index contributed by atoms with van der Waals surface area (Å²) in [5, 5.41) is 0. The Balaban J connectivity index is 0.000000428. The molecule has 360 valence electrons. The van der Waals surface area contributed by atoms with Gasteiger partial charge in [0, 0.05) is 23.3 Å². The minimum Gasteiger partial charge on any atom is -0.261 e. The highest BCUT2D eigenvalue weighted by atomic mass is 14.7. The van der Waals surface area contributed by atoms with Crippen LogP contribution in [0, 0.1) is 25.7 Å². The first-order valence-corrected chi connectivity index (χ1v) is 25.8. The number of pyridine rings is 2. The minimum atomic E-state index is 0.511. The molecule has 2 aromatic heterocycles. The van der Waals surface area contributed by atoms with Gasteiger partial charge in [-0.15, -0.1) is 0 Å². The maximum absolute atomic E-state index is 4.82. The van der Waals surface area contributed by atoms with Crippen LogP contribution in [0.2, 0.25) is 0 Å². The Kier molecular flexibility index (Phi) is 25.2. The smallest absolute Gasteiger partial charge is 0.0466 e. The zero-order valence-electron chi connectivity index (χ0n) is 46.9. The topological polar surface area (TPSA) is 25.8 Å². The van der Waals surface area contributed by atoms with Gasteiger partial charge in [0.05, 0.1) is 0 Å². The molecule has 0 spiro atoms. The van der Waals surface area contributed by atoms with Gasteiger partial charge in [0.15, 0.2) is 0 Å². The van der Waals surface area contributed by atoms with Gasteiger partial charge in [0.25, 0.3) is 0 Å². The fraction of sp³-hybridized carbons (Fsp3) is 0.645. The molecule has 0 amide bonds. The molecule has 0 aliphatic carbocycles. The van der Waals surface area contributed by atoms with Gasteiger partial charge in [-0.3, -0.25) is 9.97 Å². The normalized spacial score (nSPS) is 11.8. The molecule has 0 atom stereocenters. The summed E-state index contributed by atoms with van der Waals surface area (Å²) in [6.45, 7) is 58.8. The van der Waals surface area contributed by atoms with E-state index in [9.17, 15) is 0 Å². The van der Waals surface area contributed by atoms with Gasteiger partial charge >= 0.3 is 0 Å². The zero-order chi connectivity index (χ0) is 49.5. The largest absolute Gasteiger partial charge is 0.261 e. The summed E-state index contributed by atoms with van der Waals surface area (Å²) in [6.07, 6.45) is 4.44. The predicted molar refractivity (Wildman–Crippen MR) is 289 cm³/mol. The fourth-order valence-corrected chi connectivity index (χ4v) is 8.89. The molecular weight excluding hydrogens is 773 g/mol. The van der Waals surface area contributed by atoms with Crippen molar-refractivity contribution in [1.29, 1.82) is 0 Å². The maximum atomic E-state index is 4.82. The highest BCUT2D eigenvalue weighted by molar-refractivity contribution is 5.42. The van der Waals surface area contributed by atoms with Gasteiger partial charge in [-0.05, 0) is 159 Å². The summed E-state index contributed by atoms with van der Waals surface area (Å²) < 4.78 is 0. The van der Waals surface area contributed by atoms with E-state index in [4.69, 9.17) is 4.98 Å². The van der Waals surface area contributed by atoms with Gasteiger partial charge in [-0.25, -0.2) is 0 Å². The molecule has 4 rings (SSSR count). The number of hydrogen-bond acceptors (Lipinski definition) is 2. The molecule has 0 saturated carbocycles. The van der Waals surface area contributed by atoms with Crippen LogP contribution >= 0.6 is 0 Å². The Morgan fingerprint density at radius 3 is 1.08 bits per heavy atom. The van der Waals surface area contributed by atoms with Gasteiger partial charge < -0.3 is 0 Å². The van der Waals surface area contributed by atoms with Crippen LogP contribution in [-0.2, 0) is 12.8 Å². The first-order valence-electron chi connectivity index (χ1n) is 25.8. The van der Waals surface area contributed by atoms with E-state index in [1.807, 2.05) is 0 Å². The summed E-state index contributed by atoms with van der Waals surface area (Å²) in [6, 6.07) is 16.2. The molecule has 2 aromatic carbocycles. The molecule has 0 bridgehead atoms. The lowest BCUT2D eigenvalue weighted by atomic mass is 9.83. The van der Waals surface area contributed by atoms with E-state index in [2.05, 4.69) is 234 Å². The van der Waals surface area contributed by atoms with Gasteiger partial charge in [0.1, 0.15) is 0 Å². The van der Waals surface area contributed by atoms with Crippen molar-refractivity contribution in [3.05, 3.63) is 127 Å². The number of aromatic nitrogens is 2. The van der Waals surface area contributed by atoms with E-state index in [-0.39, 0.29) is 0 Å². The Labute approximate surface area is 399 Å². The van der Waals surface area contributed by atoms with Crippen molar-refractivity contribution in [3.63, 3.8) is 0 Å². The molecule has 2 heterocycles. The minimum absolute atomic E-state index is 0.511. The third-order valence-electron chi connectivity index (χ3n) is 12.4. The first kappa shape index (κ1) is 58.8. The number of rotatable bonds is 14. The lowest BCUT2D eigenvalue weighted by Crippen LogP contribution is -2.11. The van der Waals surface area contributed by atoms with Crippen molar-refractivity contribution >= 4 is 0 Å². The highest BCUT2D eigenvalue weighted by Crippen LogP contribution is 2.34. The van der Waals surface area contributed by atoms with Crippen molar-refractivity contribution in [2.24, 2.45) is 11.8 Å². The van der Waals surface area contributed by atoms with Crippen molar-refractivity contribution in [3.8, 4) is 0 Å². The van der Waals surface area contributed by atoms with E-state index in [0.717, 1.165) is 6.42 Å². The molecule has 0 saturated heterocycles. The van der Waals surface area contributed by atoms with Crippen molar-refractivity contribution in [1.82, 2.24) is 9.97 Å². The number of hydrogen-bond donors (Lipinski definition) is 0. The Morgan fingerprint density at radius 1 is 0.375 bits per heavy atom. The van der Waals surface area contributed by atoms with E-state index in [1.165, 1.54) is 73.6 Å². The van der Waals surface area contributed by atoms with E-state index < -0.39 is 0 Å². The van der Waals surface area contributed by atoms with Crippen LogP contribution in [0.5, 0.6) is 0 Å². The van der Waals surface area contributed by atoms with Gasteiger partial charge in [-0.1, -0.05) is 209 Å². The molecular formula is C62H102N2. The summed E-state index contributed by atoms with van der Waals surface area (Å²) in [7, 11) is 0. The van der Waals surface area contributed by atoms with Crippen LogP contribution in [0.4, 0.5) is 0 Å². The third kappa shape index (κ3) is 18.2. The van der Waals surface area contributed by atoms with Crippen LogP contribution in [0.15, 0.2) is 48.7 Å². The van der Waals surface area contributed by atoms with Crippen molar-refractivity contribution in [2.75, 3.05) is 0 Å². The van der Waals surface area contributed by atoms with E-state index in [1.54, 1.807) is 11.1 Å². The fourth-order valence-electron chi connectivity index (χ4n) is 8.89.